The second kappa shape index (κ2) is 20.1. The number of nitrogens with zero attached hydrogens (tertiary/aromatic N) is 4. The molecule has 71 heavy (non-hydrogen) atoms. The predicted molar refractivity (Wildman–Crippen MR) is 281 cm³/mol. The molecule has 0 bridgehead atoms. The highest BCUT2D eigenvalue weighted by atomic mass is 16.5. The lowest BCUT2D eigenvalue weighted by atomic mass is 9.55. The number of carbonyl (C=O) groups excluding carboxylic acids is 2. The Morgan fingerprint density at radius 3 is 1.41 bits per heavy atom. The van der Waals surface area contributed by atoms with Gasteiger partial charge in [0.05, 0.1) is 61.6 Å². The first-order chi connectivity index (χ1) is 34.7. The van der Waals surface area contributed by atoms with Gasteiger partial charge in [0.2, 0.25) is 5.91 Å². The molecule has 3 aliphatic carbocycles. The monoisotopic (exact) mass is 957 g/mol. The number of anilines is 1. The SMILES string of the molecule is COc1ccc(-c2nc3ccccc3n2C(C(=O)Nc2c(C)cccc2C)(C2CCCCC2)C(C(=O)NC2CCCC2)(C2CCCCC2)n2c(-c3ccc(OC)cc3OC)nc3ccccc32)c(OC)c1. The third-order valence-corrected chi connectivity index (χ3v) is 16.2. The lowest BCUT2D eigenvalue weighted by molar-refractivity contribution is -0.159. The molecular weight excluding hydrogens is 889 g/mol. The van der Waals surface area contributed by atoms with Gasteiger partial charge in [0.15, 0.2) is 11.1 Å². The number of amides is 2. The summed E-state index contributed by atoms with van der Waals surface area (Å²) in [7, 11) is 6.59. The molecule has 5 aromatic carbocycles. The average Bonchev–Trinajstić information content (AvgIpc) is 4.17. The number of nitrogens with one attached hydrogen (secondary N) is 2. The van der Waals surface area contributed by atoms with Crippen molar-refractivity contribution in [3.8, 4) is 45.8 Å². The van der Waals surface area contributed by atoms with Crippen LogP contribution in [0.5, 0.6) is 23.0 Å². The van der Waals surface area contributed by atoms with Crippen molar-refractivity contribution in [2.45, 2.75) is 121 Å². The van der Waals surface area contributed by atoms with Gasteiger partial charge in [0.25, 0.3) is 5.91 Å². The number of hydrogen-bond donors (Lipinski definition) is 2. The first-order valence-corrected chi connectivity index (χ1v) is 25.8. The lowest BCUT2D eigenvalue weighted by Crippen LogP contribution is -2.75. The number of rotatable bonds is 15. The molecule has 0 radical (unpaired) electrons. The summed E-state index contributed by atoms with van der Waals surface area (Å²) in [4.78, 5) is 46.8. The molecule has 12 heteroatoms. The minimum absolute atomic E-state index is 0.0920. The third kappa shape index (κ3) is 8.07. The normalized spacial score (nSPS) is 17.7. The second-order valence-electron chi connectivity index (χ2n) is 20.0. The van der Waals surface area contributed by atoms with Crippen LogP contribution in [0.15, 0.2) is 103 Å². The van der Waals surface area contributed by atoms with E-state index in [1.165, 1.54) is 0 Å². The Kier molecular flexibility index (Phi) is 13.6. The number of para-hydroxylation sites is 5. The summed E-state index contributed by atoms with van der Waals surface area (Å²) in [6, 6.07) is 33.8. The maximum Gasteiger partial charge on any atom is 0.254 e. The number of aromatic nitrogens is 4. The van der Waals surface area contributed by atoms with Gasteiger partial charge in [-0.1, -0.05) is 93.8 Å². The molecule has 3 fully saturated rings. The van der Waals surface area contributed by atoms with Gasteiger partial charge >= 0.3 is 0 Å². The highest BCUT2D eigenvalue weighted by Gasteiger charge is 2.71. The fourth-order valence-electron chi connectivity index (χ4n) is 13.0. The van der Waals surface area contributed by atoms with E-state index in [4.69, 9.17) is 28.9 Å². The number of aryl methyl sites for hydroxylation is 2. The van der Waals surface area contributed by atoms with Gasteiger partial charge in [-0.15, -0.1) is 0 Å². The summed E-state index contributed by atoms with van der Waals surface area (Å²) in [6.07, 6.45) is 12.1. The van der Waals surface area contributed by atoms with E-state index >= 15 is 9.59 Å². The third-order valence-electron chi connectivity index (χ3n) is 16.2. The van der Waals surface area contributed by atoms with E-state index in [9.17, 15) is 0 Å². The maximum absolute atomic E-state index is 17.9. The molecule has 7 aromatic rings. The molecule has 0 aliphatic heterocycles. The largest absolute Gasteiger partial charge is 0.497 e. The molecule has 0 saturated heterocycles. The number of hydrogen-bond acceptors (Lipinski definition) is 8. The number of ether oxygens (including phenoxy) is 4. The summed E-state index contributed by atoms with van der Waals surface area (Å²) in [5, 5.41) is 7.50. The van der Waals surface area contributed by atoms with E-state index in [2.05, 4.69) is 31.9 Å². The molecule has 2 amide bonds. The van der Waals surface area contributed by atoms with Crippen LogP contribution in [0, 0.1) is 25.7 Å². The topological polar surface area (TPSA) is 131 Å². The number of benzene rings is 5. The van der Waals surface area contributed by atoms with Gasteiger partial charge in [-0.2, -0.15) is 0 Å². The highest BCUT2D eigenvalue weighted by molar-refractivity contribution is 6.07. The fraction of sp³-hybridized carbons (Fsp3) is 0.424. The van der Waals surface area contributed by atoms with Crippen molar-refractivity contribution in [2.24, 2.45) is 11.8 Å². The van der Waals surface area contributed by atoms with Gasteiger partial charge < -0.3 is 38.7 Å². The van der Waals surface area contributed by atoms with E-state index < -0.39 is 17.0 Å². The molecule has 370 valence electrons. The number of methoxy groups -OCH3 is 4. The molecule has 2 unspecified atom stereocenters. The first kappa shape index (κ1) is 47.8. The Bertz CT molecular complexity index is 3050. The highest BCUT2D eigenvalue weighted by Crippen LogP contribution is 2.60. The van der Waals surface area contributed by atoms with Crippen molar-refractivity contribution in [2.75, 3.05) is 33.8 Å². The van der Waals surface area contributed by atoms with Crippen LogP contribution in [0.4, 0.5) is 5.69 Å². The zero-order chi connectivity index (χ0) is 49.3. The van der Waals surface area contributed by atoms with E-state index in [1.807, 2.05) is 105 Å². The first-order valence-electron chi connectivity index (χ1n) is 25.8. The van der Waals surface area contributed by atoms with Crippen molar-refractivity contribution >= 4 is 39.6 Å². The Balaban J connectivity index is 1.48. The lowest BCUT2D eigenvalue weighted by Gasteiger charge is -2.58. The summed E-state index contributed by atoms with van der Waals surface area (Å²) in [5.41, 5.74) is 3.34. The molecule has 2 atom stereocenters. The fourth-order valence-corrected chi connectivity index (χ4v) is 13.0. The van der Waals surface area contributed by atoms with Crippen LogP contribution in [-0.4, -0.2) is 65.4 Å². The molecule has 2 heterocycles. The zero-order valence-electron chi connectivity index (χ0n) is 42.2. The second-order valence-corrected chi connectivity index (χ2v) is 20.0. The predicted octanol–water partition coefficient (Wildman–Crippen LogP) is 12.3. The number of imidazole rings is 2. The molecule has 10 rings (SSSR count). The van der Waals surface area contributed by atoms with Crippen LogP contribution in [0.3, 0.4) is 0 Å². The van der Waals surface area contributed by atoms with E-state index in [0.29, 0.717) is 82.5 Å². The summed E-state index contributed by atoms with van der Waals surface area (Å²) >= 11 is 0. The Labute approximate surface area is 417 Å². The average molecular weight is 957 g/mol. The van der Waals surface area contributed by atoms with Gasteiger partial charge in [-0.3, -0.25) is 9.59 Å². The Hall–Kier alpha value is -6.82. The van der Waals surface area contributed by atoms with Crippen LogP contribution in [-0.2, 0) is 20.7 Å². The van der Waals surface area contributed by atoms with Crippen LogP contribution >= 0.6 is 0 Å². The molecule has 3 aliphatic rings. The van der Waals surface area contributed by atoms with Crippen LogP contribution in [0.25, 0.3) is 44.8 Å². The van der Waals surface area contributed by atoms with Crippen molar-refractivity contribution in [1.29, 1.82) is 0 Å². The van der Waals surface area contributed by atoms with Gasteiger partial charge in [0.1, 0.15) is 34.6 Å². The van der Waals surface area contributed by atoms with Gasteiger partial charge in [-0.05, 0) is 124 Å². The minimum Gasteiger partial charge on any atom is -0.497 e. The molecule has 12 nitrogen and oxygen atoms in total. The molecule has 3 saturated carbocycles. The van der Waals surface area contributed by atoms with Gasteiger partial charge in [0, 0.05) is 23.9 Å². The van der Waals surface area contributed by atoms with E-state index in [0.717, 1.165) is 92.1 Å². The minimum atomic E-state index is -1.76. The number of carbonyl (C=O) groups is 2. The molecule has 0 spiro atoms. The molecule has 2 N–H and O–H groups in total. The quantitative estimate of drug-likeness (QED) is 0.104. The van der Waals surface area contributed by atoms with Crippen LogP contribution in [0.1, 0.15) is 101 Å². The summed E-state index contributed by atoms with van der Waals surface area (Å²) < 4.78 is 28.6. The molecular formula is C59H68N6O6. The van der Waals surface area contributed by atoms with E-state index in [1.54, 1.807) is 28.4 Å². The maximum atomic E-state index is 17.9. The van der Waals surface area contributed by atoms with E-state index in [-0.39, 0.29) is 23.8 Å². The van der Waals surface area contributed by atoms with Crippen LogP contribution in [0.2, 0.25) is 0 Å². The Morgan fingerprint density at radius 2 is 0.958 bits per heavy atom. The summed E-state index contributed by atoms with van der Waals surface area (Å²) in [6.45, 7) is 4.09. The van der Waals surface area contributed by atoms with Gasteiger partial charge in [-0.25, -0.2) is 9.97 Å². The summed E-state index contributed by atoms with van der Waals surface area (Å²) in [5.74, 6) is 2.14. The van der Waals surface area contributed by atoms with Crippen molar-refractivity contribution in [3.63, 3.8) is 0 Å². The Morgan fingerprint density at radius 1 is 0.521 bits per heavy atom. The smallest absolute Gasteiger partial charge is 0.254 e. The standard InChI is InChI=1S/C59H68N6O6/c1-38-20-19-21-39(2)53(38)63-57(67)59(41-24-11-8-12-25-41,65-50-31-18-16-29-48(50)62-55(65)46-35-33-44(69-4)37-52(46)71-6)58(40-22-9-7-10-23-40,56(66)60-42-26-13-14-27-42)64-49-30-17-15-28-47(49)61-54(64)45-34-32-43(68-3)36-51(45)70-5/h15-21,28-37,40-42H,7-14,22-27H2,1-6H3,(H,60,66)(H,63,67). The van der Waals surface area contributed by atoms with Crippen molar-refractivity contribution < 1.29 is 28.5 Å². The van der Waals surface area contributed by atoms with Crippen molar-refractivity contribution in [3.05, 3.63) is 114 Å². The molecule has 2 aromatic heterocycles. The number of fused-ring (bicyclic) bond motifs is 2. The zero-order valence-corrected chi connectivity index (χ0v) is 42.2. The van der Waals surface area contributed by atoms with Crippen molar-refractivity contribution in [1.82, 2.24) is 24.4 Å². The van der Waals surface area contributed by atoms with Crippen LogP contribution < -0.4 is 29.6 Å².